The minimum atomic E-state index is 0.461. The molecule has 5 heteroatoms. The van der Waals surface area contributed by atoms with Gasteiger partial charge >= 0.3 is 0 Å². The van der Waals surface area contributed by atoms with Crippen molar-refractivity contribution in [1.29, 1.82) is 0 Å². The van der Waals surface area contributed by atoms with E-state index in [1.807, 2.05) is 0 Å². The average molecular weight is 160 g/mol. The van der Waals surface area contributed by atoms with E-state index >= 15 is 0 Å². The number of hydrogen-bond acceptors (Lipinski definition) is 2. The predicted molar refractivity (Wildman–Crippen MR) is 37.9 cm³/mol. The molecule has 0 radical (unpaired) electrons. The predicted octanol–water partition coefficient (Wildman–Crippen LogP) is 0.642. The van der Waals surface area contributed by atoms with Gasteiger partial charge in [0.1, 0.15) is 5.15 Å². The van der Waals surface area contributed by atoms with Crippen LogP contribution in [0, 0.1) is 0 Å². The van der Waals surface area contributed by atoms with Crippen LogP contribution < -0.4 is 5.32 Å². The number of aromatic nitrogens is 2. The van der Waals surface area contributed by atoms with Crippen LogP contribution in [0.25, 0.3) is 0 Å². The van der Waals surface area contributed by atoms with Crippen LogP contribution in [-0.4, -0.2) is 16.2 Å². The van der Waals surface area contributed by atoms with Crippen molar-refractivity contribution in [1.82, 2.24) is 9.78 Å². The van der Waals surface area contributed by atoms with Crippen LogP contribution in [0.3, 0.4) is 0 Å². The molecule has 1 rings (SSSR count). The highest BCUT2D eigenvalue weighted by Gasteiger charge is 1.99. The van der Waals surface area contributed by atoms with Crippen LogP contribution in [0.15, 0.2) is 6.07 Å². The molecule has 0 aliphatic carbocycles. The molecular weight excluding hydrogens is 154 g/mol. The molecule has 0 fully saturated rings. The Balaban J connectivity index is 2.86. The maximum atomic E-state index is 9.89. The van der Waals surface area contributed by atoms with E-state index in [4.69, 9.17) is 11.6 Å². The Morgan fingerprint density at radius 2 is 2.60 bits per heavy atom. The van der Waals surface area contributed by atoms with Crippen molar-refractivity contribution in [3.05, 3.63) is 11.2 Å². The van der Waals surface area contributed by atoms with Gasteiger partial charge in [-0.2, -0.15) is 5.10 Å². The number of nitrogens with one attached hydrogen (secondary N) is 1. The molecule has 0 aromatic carbocycles. The van der Waals surface area contributed by atoms with E-state index in [0.29, 0.717) is 17.4 Å². The molecule has 1 amide bonds. The van der Waals surface area contributed by atoms with E-state index in [1.54, 1.807) is 13.1 Å². The summed E-state index contributed by atoms with van der Waals surface area (Å²) in [7, 11) is 1.69. The Labute approximate surface area is 62.8 Å². The quantitative estimate of drug-likeness (QED) is 0.644. The molecule has 0 spiro atoms. The fraction of sp³-hybridized carbons (Fsp3) is 0.200. The molecule has 4 nitrogen and oxygen atoms in total. The zero-order chi connectivity index (χ0) is 7.56. The largest absolute Gasteiger partial charge is 0.312 e. The van der Waals surface area contributed by atoms with Crippen molar-refractivity contribution in [2.24, 2.45) is 7.05 Å². The minimum Gasteiger partial charge on any atom is -0.312 e. The topological polar surface area (TPSA) is 46.9 Å². The number of carbonyl (C=O) groups excluding carboxylic acids is 1. The smallest absolute Gasteiger partial charge is 0.212 e. The highest BCUT2D eigenvalue weighted by molar-refractivity contribution is 6.29. The molecule has 1 N–H and O–H groups in total. The maximum absolute atomic E-state index is 9.89. The molecule has 0 aliphatic heterocycles. The van der Waals surface area contributed by atoms with E-state index < -0.39 is 0 Å². The van der Waals surface area contributed by atoms with Gasteiger partial charge in [-0.3, -0.25) is 9.48 Å². The van der Waals surface area contributed by atoms with Crippen molar-refractivity contribution in [3.8, 4) is 0 Å². The molecule has 0 atom stereocenters. The summed E-state index contributed by atoms with van der Waals surface area (Å²) >= 11 is 5.61. The van der Waals surface area contributed by atoms with Gasteiger partial charge in [0.15, 0.2) is 5.82 Å². The number of anilines is 1. The normalized spacial score (nSPS) is 9.40. The maximum Gasteiger partial charge on any atom is 0.212 e. The minimum absolute atomic E-state index is 0.461. The Morgan fingerprint density at radius 3 is 3.00 bits per heavy atom. The summed E-state index contributed by atoms with van der Waals surface area (Å²) < 4.78 is 1.47. The van der Waals surface area contributed by atoms with Crippen LogP contribution in [-0.2, 0) is 11.8 Å². The first kappa shape index (κ1) is 7.08. The number of carbonyl (C=O) groups is 1. The van der Waals surface area contributed by atoms with E-state index in [0.717, 1.165) is 0 Å². The summed E-state index contributed by atoms with van der Waals surface area (Å²) in [6, 6.07) is 1.57. The lowest BCUT2D eigenvalue weighted by molar-refractivity contribution is -0.105. The van der Waals surface area contributed by atoms with Crippen LogP contribution in [0.5, 0.6) is 0 Å². The summed E-state index contributed by atoms with van der Waals surface area (Å²) in [6.45, 7) is 0. The summed E-state index contributed by atoms with van der Waals surface area (Å²) in [5, 5.41) is 6.70. The second-order valence-corrected chi connectivity index (χ2v) is 2.13. The molecule has 0 aliphatic rings. The Hall–Kier alpha value is -1.03. The summed E-state index contributed by atoms with van der Waals surface area (Å²) in [6.07, 6.45) is 0.554. The first-order valence-electron chi connectivity index (χ1n) is 2.64. The van der Waals surface area contributed by atoms with Crippen LogP contribution in [0.4, 0.5) is 5.82 Å². The third-order valence-electron chi connectivity index (χ3n) is 1.03. The molecule has 1 aromatic heterocycles. The number of amides is 1. The number of rotatable bonds is 2. The third-order valence-corrected chi connectivity index (χ3v) is 1.38. The zero-order valence-corrected chi connectivity index (χ0v) is 6.09. The van der Waals surface area contributed by atoms with Crippen molar-refractivity contribution in [2.75, 3.05) is 5.32 Å². The monoisotopic (exact) mass is 159 g/mol. The van der Waals surface area contributed by atoms with E-state index in [-0.39, 0.29) is 0 Å². The summed E-state index contributed by atoms with van der Waals surface area (Å²) in [5.41, 5.74) is 0. The van der Waals surface area contributed by atoms with Gasteiger partial charge in [-0.15, -0.1) is 0 Å². The molecule has 1 aromatic rings. The van der Waals surface area contributed by atoms with Gasteiger partial charge in [-0.05, 0) is 0 Å². The van der Waals surface area contributed by atoms with Gasteiger partial charge < -0.3 is 5.32 Å². The van der Waals surface area contributed by atoms with Crippen molar-refractivity contribution >= 4 is 23.8 Å². The zero-order valence-electron chi connectivity index (χ0n) is 5.34. The second-order valence-electron chi connectivity index (χ2n) is 1.74. The van der Waals surface area contributed by atoms with Crippen molar-refractivity contribution in [3.63, 3.8) is 0 Å². The Morgan fingerprint density at radius 1 is 1.90 bits per heavy atom. The van der Waals surface area contributed by atoms with Gasteiger partial charge in [0.05, 0.1) is 0 Å². The first-order chi connectivity index (χ1) is 4.74. The first-order valence-corrected chi connectivity index (χ1v) is 3.01. The van der Waals surface area contributed by atoms with E-state index in [1.165, 1.54) is 4.68 Å². The molecule has 54 valence electrons. The molecule has 0 bridgehead atoms. The molecule has 0 unspecified atom stereocenters. The Kier molecular flexibility index (Phi) is 1.91. The number of nitrogens with zero attached hydrogens (tertiary/aromatic N) is 2. The average Bonchev–Trinajstić information content (AvgIpc) is 2.14. The lowest BCUT2D eigenvalue weighted by Gasteiger charge is -1.87. The summed E-state index contributed by atoms with van der Waals surface area (Å²) in [4.78, 5) is 9.89. The fourth-order valence-electron chi connectivity index (χ4n) is 0.575. The number of aryl methyl sites for hydroxylation is 1. The van der Waals surface area contributed by atoms with Crippen molar-refractivity contribution in [2.45, 2.75) is 0 Å². The van der Waals surface area contributed by atoms with Crippen molar-refractivity contribution < 1.29 is 4.79 Å². The van der Waals surface area contributed by atoms with Crippen LogP contribution in [0.1, 0.15) is 0 Å². The second kappa shape index (κ2) is 2.70. The molecule has 0 saturated heterocycles. The Bertz CT molecular complexity index is 226. The fourth-order valence-corrected chi connectivity index (χ4v) is 0.717. The lowest BCUT2D eigenvalue weighted by Crippen LogP contribution is -1.96. The highest BCUT2D eigenvalue weighted by atomic mass is 35.5. The highest BCUT2D eigenvalue weighted by Crippen LogP contribution is 2.11. The van der Waals surface area contributed by atoms with Crippen LogP contribution >= 0.6 is 11.6 Å². The lowest BCUT2D eigenvalue weighted by atomic mass is 10.6. The van der Waals surface area contributed by atoms with E-state index in [9.17, 15) is 4.79 Å². The van der Waals surface area contributed by atoms with E-state index in [2.05, 4.69) is 10.4 Å². The van der Waals surface area contributed by atoms with Gasteiger partial charge in [-0.25, -0.2) is 0 Å². The number of hydrogen-bond donors (Lipinski definition) is 1. The standard InChI is InChI=1S/C5H6ClN3O/c1-9-4(6)2-5(8-9)7-3-10/h2-3H,1H3,(H,7,8,10). The molecule has 1 heterocycles. The molecule has 10 heavy (non-hydrogen) atoms. The molecule has 0 saturated carbocycles. The van der Waals surface area contributed by atoms with Crippen LogP contribution in [0.2, 0.25) is 5.15 Å². The van der Waals surface area contributed by atoms with Gasteiger partial charge in [0.25, 0.3) is 0 Å². The third kappa shape index (κ3) is 1.27. The summed E-state index contributed by atoms with van der Waals surface area (Å²) in [5.74, 6) is 0.461. The number of halogens is 1. The van der Waals surface area contributed by atoms with Gasteiger partial charge in [0.2, 0.25) is 6.41 Å². The SMILES string of the molecule is Cn1nc(NC=O)cc1Cl. The molecular formula is C5H6ClN3O. The van der Waals surface area contributed by atoms with Gasteiger partial charge in [-0.1, -0.05) is 11.6 Å². The van der Waals surface area contributed by atoms with Gasteiger partial charge in [0, 0.05) is 13.1 Å².